The van der Waals surface area contributed by atoms with Crippen LogP contribution in [0, 0.1) is 0 Å². The van der Waals surface area contributed by atoms with Crippen molar-refractivity contribution in [1.82, 2.24) is 19.8 Å². The second kappa shape index (κ2) is 11.4. The normalized spacial score (nSPS) is 23.9. The zero-order chi connectivity index (χ0) is 23.7. The fraction of sp³-hybridized carbons (Fsp3) is 0.680. The van der Waals surface area contributed by atoms with Crippen LogP contribution in [-0.2, 0) is 16.0 Å². The number of likely N-dealkylation sites (N-methyl/N-ethyl adjacent to an activating group) is 1. The smallest absolute Gasteiger partial charge is 0.236 e. The number of aromatic nitrogens is 2. The minimum absolute atomic E-state index is 0. The number of carbonyl (C=O) groups is 2. The molecule has 10 heteroatoms. The van der Waals surface area contributed by atoms with E-state index >= 15 is 0 Å². The third-order valence-electron chi connectivity index (χ3n) is 7.82. The summed E-state index contributed by atoms with van der Waals surface area (Å²) in [6.45, 7) is 2.34. The molecule has 8 nitrogen and oxygen atoms in total. The topological polar surface area (TPSA) is 102 Å². The van der Waals surface area contributed by atoms with Gasteiger partial charge in [-0.2, -0.15) is 13.5 Å². The molecule has 2 aliphatic carbocycles. The fourth-order valence-electron chi connectivity index (χ4n) is 5.91. The number of hydrogen-bond acceptors (Lipinski definition) is 7. The molecule has 1 saturated carbocycles. The van der Waals surface area contributed by atoms with Gasteiger partial charge >= 0.3 is 0 Å². The van der Waals surface area contributed by atoms with Crippen LogP contribution in [0.15, 0.2) is 6.33 Å². The molecule has 3 heterocycles. The molecule has 3 aliphatic rings. The number of likely N-dealkylation sites (tertiary alicyclic amines) is 1. The van der Waals surface area contributed by atoms with Crippen molar-refractivity contribution < 1.29 is 14.3 Å². The molecular formula is C25H37N5O3S2. The number of nitrogens with zero attached hydrogens (tertiary/aromatic N) is 4. The van der Waals surface area contributed by atoms with Crippen LogP contribution in [0.4, 0.5) is 0 Å². The van der Waals surface area contributed by atoms with Crippen LogP contribution in [0.2, 0.25) is 0 Å². The van der Waals surface area contributed by atoms with Crippen molar-refractivity contribution in [2.24, 2.45) is 5.73 Å². The quantitative estimate of drug-likeness (QED) is 0.574. The highest BCUT2D eigenvalue weighted by Gasteiger charge is 2.32. The van der Waals surface area contributed by atoms with Crippen molar-refractivity contribution in [3.63, 3.8) is 0 Å². The summed E-state index contributed by atoms with van der Waals surface area (Å²) in [7, 11) is 2.08. The lowest BCUT2D eigenvalue weighted by atomic mass is 9.92. The number of ether oxygens (including phenoxy) is 1. The van der Waals surface area contributed by atoms with E-state index < -0.39 is 0 Å². The predicted molar refractivity (Wildman–Crippen MR) is 142 cm³/mol. The van der Waals surface area contributed by atoms with Gasteiger partial charge in [-0.05, 0) is 76.3 Å². The minimum Gasteiger partial charge on any atom is -0.474 e. The van der Waals surface area contributed by atoms with Gasteiger partial charge in [0.05, 0.1) is 11.9 Å². The third kappa shape index (κ3) is 5.75. The second-order valence-electron chi connectivity index (χ2n) is 10.1. The molecule has 2 aromatic heterocycles. The Kier molecular flexibility index (Phi) is 8.54. The molecule has 192 valence electrons. The van der Waals surface area contributed by atoms with E-state index in [0.29, 0.717) is 30.8 Å². The van der Waals surface area contributed by atoms with Gasteiger partial charge in [-0.25, -0.2) is 9.97 Å². The molecule has 2 N–H and O–H groups in total. The number of fused-ring (bicyclic) bond motifs is 3. The highest BCUT2D eigenvalue weighted by Crippen LogP contribution is 2.47. The van der Waals surface area contributed by atoms with Gasteiger partial charge in [0.1, 0.15) is 17.3 Å². The van der Waals surface area contributed by atoms with Crippen LogP contribution in [0.3, 0.4) is 0 Å². The van der Waals surface area contributed by atoms with Gasteiger partial charge in [-0.1, -0.05) is 0 Å². The highest BCUT2D eigenvalue weighted by molar-refractivity contribution is 7.59. The molecular weight excluding hydrogens is 482 g/mol. The maximum Gasteiger partial charge on any atom is 0.236 e. The first-order valence-corrected chi connectivity index (χ1v) is 13.5. The van der Waals surface area contributed by atoms with Crippen molar-refractivity contribution in [3.05, 3.63) is 16.8 Å². The highest BCUT2D eigenvalue weighted by atomic mass is 32.1. The lowest BCUT2D eigenvalue weighted by molar-refractivity contribution is -0.131. The first-order chi connectivity index (χ1) is 16.5. The fourth-order valence-corrected chi connectivity index (χ4v) is 7.14. The van der Waals surface area contributed by atoms with Crippen LogP contribution >= 0.6 is 24.8 Å². The van der Waals surface area contributed by atoms with Crippen LogP contribution in [-0.4, -0.2) is 70.4 Å². The van der Waals surface area contributed by atoms with E-state index in [1.807, 2.05) is 4.90 Å². The van der Waals surface area contributed by atoms with Crippen LogP contribution in [0.5, 0.6) is 5.88 Å². The summed E-state index contributed by atoms with van der Waals surface area (Å²) in [4.78, 5) is 39.5. The Bertz CT molecular complexity index is 1050. The molecule has 1 saturated heterocycles. The minimum atomic E-state index is -0.246. The summed E-state index contributed by atoms with van der Waals surface area (Å²) in [6, 6.07) is 0.417. The summed E-state index contributed by atoms with van der Waals surface area (Å²) >= 11 is 1.73. The Balaban J connectivity index is 0.00000289. The number of nitrogens with two attached hydrogens (primary N) is 1. The molecule has 0 unspecified atom stereocenters. The number of primary amides is 1. The molecule has 35 heavy (non-hydrogen) atoms. The van der Waals surface area contributed by atoms with Gasteiger partial charge in [0.2, 0.25) is 17.7 Å². The van der Waals surface area contributed by atoms with Gasteiger partial charge in [0.25, 0.3) is 0 Å². The van der Waals surface area contributed by atoms with E-state index in [2.05, 4.69) is 21.9 Å². The molecule has 1 atom stereocenters. The van der Waals surface area contributed by atoms with Crippen LogP contribution in [0.25, 0.3) is 10.2 Å². The maximum atomic E-state index is 12.5. The van der Waals surface area contributed by atoms with Crippen molar-refractivity contribution in [3.8, 4) is 5.88 Å². The van der Waals surface area contributed by atoms with Crippen molar-refractivity contribution >= 4 is 46.9 Å². The largest absolute Gasteiger partial charge is 0.474 e. The molecule has 1 aliphatic heterocycles. The van der Waals surface area contributed by atoms with E-state index in [-0.39, 0.29) is 31.4 Å². The molecule has 2 amide bonds. The van der Waals surface area contributed by atoms with E-state index in [9.17, 15) is 9.59 Å². The van der Waals surface area contributed by atoms with Gasteiger partial charge in [-0.3, -0.25) is 14.5 Å². The lowest BCUT2D eigenvalue weighted by Gasteiger charge is -2.35. The molecule has 2 fully saturated rings. The van der Waals surface area contributed by atoms with Crippen molar-refractivity contribution in [1.29, 1.82) is 0 Å². The molecule has 0 bridgehead atoms. The Hall–Kier alpha value is -1.91. The molecule has 5 rings (SSSR count). The van der Waals surface area contributed by atoms with Crippen molar-refractivity contribution in [2.75, 3.05) is 26.7 Å². The zero-order valence-corrected chi connectivity index (χ0v) is 22.3. The number of carbonyl (C=O) groups excluding carboxylic acids is 2. The Morgan fingerprint density at radius 1 is 1.17 bits per heavy atom. The standard InChI is InChI=1S/C25H35N5O3S.H2S/c1-29(14-21(32)30-12-2-3-13-30)17-6-8-18(9-7-17)33-24-23-22-16(5-11-20(26)31)4-10-19(22)34-25(23)28-15-27-24;/h15-18H,2-14H2,1H3,(H2,26,31);1H2/t16-,17?,18?;/m1./s1. The van der Waals surface area contributed by atoms with E-state index in [1.165, 1.54) is 10.4 Å². The lowest BCUT2D eigenvalue weighted by Crippen LogP contribution is -2.44. The Labute approximate surface area is 218 Å². The van der Waals surface area contributed by atoms with Crippen LogP contribution in [0.1, 0.15) is 74.1 Å². The first kappa shape index (κ1) is 26.2. The number of amides is 2. The summed E-state index contributed by atoms with van der Waals surface area (Å²) < 4.78 is 6.49. The summed E-state index contributed by atoms with van der Waals surface area (Å²) in [5.74, 6) is 1.03. The number of hydrogen-bond donors (Lipinski definition) is 1. The van der Waals surface area contributed by atoms with E-state index in [4.69, 9.17) is 10.5 Å². The first-order valence-electron chi connectivity index (χ1n) is 12.7. The van der Waals surface area contributed by atoms with Crippen LogP contribution < -0.4 is 10.5 Å². The van der Waals surface area contributed by atoms with Gasteiger partial charge in [0, 0.05) is 30.4 Å². The van der Waals surface area contributed by atoms with Gasteiger partial charge in [0.15, 0.2) is 0 Å². The average molecular weight is 520 g/mol. The summed E-state index contributed by atoms with van der Waals surface area (Å²) in [6.07, 6.45) is 11.2. The van der Waals surface area contributed by atoms with Gasteiger partial charge < -0.3 is 15.4 Å². The van der Waals surface area contributed by atoms with E-state index in [1.54, 1.807) is 17.7 Å². The number of rotatable bonds is 8. The SMILES string of the molecule is CN(CC(=O)N1CCCC1)C1CCC(Oc2ncnc3sc4c(c23)[C@@H](CCC(N)=O)CC4)CC1.S. The predicted octanol–water partition coefficient (Wildman–Crippen LogP) is 3.34. The molecule has 2 aromatic rings. The number of thiophene rings is 1. The van der Waals surface area contributed by atoms with Gasteiger partial charge in [-0.15, -0.1) is 11.3 Å². The third-order valence-corrected chi connectivity index (χ3v) is 9.00. The Morgan fingerprint density at radius 3 is 2.63 bits per heavy atom. The average Bonchev–Trinajstić information content (AvgIpc) is 3.56. The summed E-state index contributed by atoms with van der Waals surface area (Å²) in [5, 5.41) is 1.05. The zero-order valence-electron chi connectivity index (χ0n) is 20.5. The summed E-state index contributed by atoms with van der Waals surface area (Å²) in [5.41, 5.74) is 6.70. The molecule has 0 spiro atoms. The Morgan fingerprint density at radius 2 is 1.91 bits per heavy atom. The monoisotopic (exact) mass is 519 g/mol. The number of aryl methyl sites for hydroxylation is 1. The molecule has 0 radical (unpaired) electrons. The van der Waals surface area contributed by atoms with E-state index in [0.717, 1.165) is 81.1 Å². The van der Waals surface area contributed by atoms with Crippen molar-refractivity contribution in [2.45, 2.75) is 82.3 Å². The second-order valence-corrected chi connectivity index (χ2v) is 11.2. The maximum absolute atomic E-state index is 12.5. The molecule has 0 aromatic carbocycles.